The molecule has 4 N–H and O–H groups in total. The minimum Gasteiger partial charge on any atom is -0.449 e. The molecule has 0 unspecified atom stereocenters. The molecule has 0 rings (SSSR count). The lowest BCUT2D eigenvalue weighted by molar-refractivity contribution is -0.210. The summed E-state index contributed by atoms with van der Waals surface area (Å²) < 4.78 is 10.2. The average Bonchev–Trinajstić information content (AvgIpc) is 3.07. The Kier molecular flexibility index (Phi) is 42.4. The number of aliphatic hydroxyl groups is 2. The molecule has 0 spiro atoms. The summed E-state index contributed by atoms with van der Waals surface area (Å²) in [5.74, 6) is 6.69. The first-order valence-corrected chi connectivity index (χ1v) is 23.6. The van der Waals surface area contributed by atoms with Gasteiger partial charge in [-0.15, -0.1) is 70.6 Å². The summed E-state index contributed by atoms with van der Waals surface area (Å²) in [6, 6.07) is 0. The number of rotatable bonds is 36. The number of carbonyl (C=O) groups is 2. The second kappa shape index (κ2) is 42.3. The maximum absolute atomic E-state index is 11.7. The van der Waals surface area contributed by atoms with Gasteiger partial charge >= 0.3 is 12.2 Å². The van der Waals surface area contributed by atoms with Crippen molar-refractivity contribution in [2.75, 3.05) is 126 Å². The van der Waals surface area contributed by atoms with Crippen LogP contribution >= 0.6 is 94.1 Å². The third-order valence-corrected chi connectivity index (χ3v) is 12.6. The molecular weight excluding hydrogens is 773 g/mol. The van der Waals surface area contributed by atoms with E-state index in [9.17, 15) is 9.59 Å². The lowest BCUT2D eigenvalue weighted by Crippen LogP contribution is -2.27. The van der Waals surface area contributed by atoms with Gasteiger partial charge in [0.25, 0.3) is 0 Å². The predicted octanol–water partition coefficient (Wildman–Crippen LogP) is 4.03. The van der Waals surface area contributed by atoms with Gasteiger partial charge in [0.05, 0.1) is 26.3 Å². The highest BCUT2D eigenvalue weighted by Crippen LogP contribution is 2.13. The summed E-state index contributed by atoms with van der Waals surface area (Å²) in [6.07, 6.45) is 1.76. The van der Waals surface area contributed by atoms with Crippen LogP contribution in [0, 0.1) is 0 Å². The van der Waals surface area contributed by atoms with E-state index in [1.165, 1.54) is 36.3 Å². The Morgan fingerprint density at radius 3 is 1.68 bits per heavy atom. The van der Waals surface area contributed by atoms with Crippen molar-refractivity contribution in [2.24, 2.45) is 9.98 Å². The molecule has 0 fully saturated rings. The zero-order valence-corrected chi connectivity index (χ0v) is 32.9. The van der Waals surface area contributed by atoms with Gasteiger partial charge in [0.15, 0.2) is 0 Å². The Morgan fingerprint density at radius 1 is 0.553 bits per heavy atom. The standard InChI is InChI=1S/C25H48N4O10S8/c30-5-13-40-15-7-34-24(32)28-3-11-44-21-43-10-2-27-18-38-39-20-47-23-46-19-35-25(33)29-4-12-45-22-42-9-1-26-17-37-36-8-16-41-14-6-31/h17-18,30-31H,1-16,19-23H2,(H,28,32)(H,29,33)/b26-17-,27-18+. The third kappa shape index (κ3) is 42.2. The van der Waals surface area contributed by atoms with Crippen molar-refractivity contribution in [3.05, 3.63) is 0 Å². The van der Waals surface area contributed by atoms with E-state index in [2.05, 4.69) is 20.6 Å². The second-order valence-corrected chi connectivity index (χ2v) is 17.7. The van der Waals surface area contributed by atoms with Crippen LogP contribution in [-0.4, -0.2) is 161 Å². The van der Waals surface area contributed by atoms with E-state index in [4.69, 9.17) is 39.2 Å². The number of amides is 2. The van der Waals surface area contributed by atoms with Crippen LogP contribution in [0.15, 0.2) is 9.98 Å². The second-order valence-electron chi connectivity index (χ2n) is 7.88. The lowest BCUT2D eigenvalue weighted by Gasteiger charge is -2.06. The Morgan fingerprint density at radius 2 is 1.06 bits per heavy atom. The zero-order chi connectivity index (χ0) is 34.1. The van der Waals surface area contributed by atoms with Crippen LogP contribution in [-0.2, 0) is 29.0 Å². The highest BCUT2D eigenvalue weighted by atomic mass is 32.2. The molecule has 0 radical (unpaired) electrons. The Hall–Kier alpha value is 0.120. The van der Waals surface area contributed by atoms with Crippen molar-refractivity contribution < 1.29 is 48.8 Å². The van der Waals surface area contributed by atoms with E-state index in [-0.39, 0.29) is 19.2 Å². The molecule has 0 bridgehead atoms. The van der Waals surface area contributed by atoms with Crippen LogP contribution in [0.2, 0.25) is 0 Å². The molecule has 0 aromatic heterocycles. The molecule has 14 nitrogen and oxygen atoms in total. The number of aliphatic hydroxyl groups excluding tert-OH is 2. The summed E-state index contributed by atoms with van der Waals surface area (Å²) in [7, 11) is 0. The SMILES string of the molecule is O=C(NCCSCSCC/N=C/OOCSCSCOC(=O)NCCSCSCC/N=C\OOCCSCCO)OCCSCCO. The molecule has 0 saturated heterocycles. The topological polar surface area (TPSA) is 179 Å². The monoisotopic (exact) mass is 820 g/mol. The number of ether oxygens (including phenoxy) is 2. The highest BCUT2D eigenvalue weighted by Gasteiger charge is 2.02. The van der Waals surface area contributed by atoms with Crippen molar-refractivity contribution in [1.29, 1.82) is 0 Å². The van der Waals surface area contributed by atoms with E-state index in [1.807, 2.05) is 0 Å². The Bertz CT molecular complexity index is 758. The summed E-state index contributed by atoms with van der Waals surface area (Å²) in [6.45, 7) is 3.44. The Balaban J connectivity index is 3.27. The summed E-state index contributed by atoms with van der Waals surface area (Å²) in [4.78, 5) is 51.1. The van der Waals surface area contributed by atoms with Crippen molar-refractivity contribution in [1.82, 2.24) is 10.6 Å². The maximum atomic E-state index is 11.7. The molecule has 0 aliphatic rings. The van der Waals surface area contributed by atoms with Crippen LogP contribution in [0.4, 0.5) is 9.59 Å². The maximum Gasteiger partial charge on any atom is 0.407 e. The molecule has 0 atom stereocenters. The van der Waals surface area contributed by atoms with Crippen molar-refractivity contribution in [3.63, 3.8) is 0 Å². The number of thioether (sulfide) groups is 8. The van der Waals surface area contributed by atoms with Gasteiger partial charge in [-0.05, 0) is 0 Å². The zero-order valence-electron chi connectivity index (χ0n) is 26.3. The first-order valence-electron chi connectivity index (χ1n) is 14.4. The average molecular weight is 821 g/mol. The van der Waals surface area contributed by atoms with E-state index >= 15 is 0 Å². The summed E-state index contributed by atoms with van der Waals surface area (Å²) >= 11 is 13.1. The fourth-order valence-corrected chi connectivity index (χ4v) is 8.49. The molecule has 0 aliphatic carbocycles. The van der Waals surface area contributed by atoms with Crippen molar-refractivity contribution in [2.45, 2.75) is 0 Å². The van der Waals surface area contributed by atoms with Gasteiger partial charge in [0.1, 0.15) is 25.1 Å². The van der Waals surface area contributed by atoms with Gasteiger partial charge in [-0.1, -0.05) is 0 Å². The molecule has 0 aliphatic heterocycles. The van der Waals surface area contributed by atoms with Crippen LogP contribution in [0.25, 0.3) is 0 Å². The van der Waals surface area contributed by atoms with Crippen LogP contribution in [0.1, 0.15) is 0 Å². The third-order valence-electron chi connectivity index (χ3n) is 4.28. The largest absolute Gasteiger partial charge is 0.449 e. The van der Waals surface area contributed by atoms with Gasteiger partial charge < -0.3 is 40.1 Å². The quantitative estimate of drug-likeness (QED) is 0.0178. The van der Waals surface area contributed by atoms with Gasteiger partial charge in [-0.25, -0.2) is 9.59 Å². The van der Waals surface area contributed by atoms with Crippen LogP contribution < -0.4 is 10.6 Å². The molecule has 0 aromatic rings. The first-order chi connectivity index (χ1) is 23.2. The Labute approximate surface area is 312 Å². The smallest absolute Gasteiger partial charge is 0.407 e. The van der Waals surface area contributed by atoms with E-state index in [1.54, 1.807) is 70.6 Å². The van der Waals surface area contributed by atoms with Crippen molar-refractivity contribution in [3.8, 4) is 0 Å². The number of hydrogen-bond donors (Lipinski definition) is 4. The molecule has 276 valence electrons. The van der Waals surface area contributed by atoms with Crippen LogP contribution in [0.5, 0.6) is 0 Å². The number of hydrogen-bond acceptors (Lipinski definition) is 20. The molecule has 22 heteroatoms. The predicted molar refractivity (Wildman–Crippen MR) is 208 cm³/mol. The number of nitrogens with zero attached hydrogens (tertiary/aromatic N) is 2. The van der Waals surface area contributed by atoms with E-state index < -0.39 is 12.2 Å². The van der Waals surface area contributed by atoms with E-state index in [0.717, 1.165) is 38.9 Å². The molecule has 2 amide bonds. The molecule has 47 heavy (non-hydrogen) atoms. The van der Waals surface area contributed by atoms with Gasteiger partial charge in [-0.2, -0.15) is 33.3 Å². The van der Waals surface area contributed by atoms with E-state index in [0.29, 0.717) is 67.7 Å². The molecular formula is C25H48N4O10S8. The number of alkyl carbamates (subject to hydrolysis) is 2. The fourth-order valence-electron chi connectivity index (χ4n) is 2.32. The minimum absolute atomic E-state index is 0.132. The number of nitrogens with one attached hydrogen (secondary N) is 2. The highest BCUT2D eigenvalue weighted by molar-refractivity contribution is 8.16. The van der Waals surface area contributed by atoms with Crippen molar-refractivity contribution >= 4 is 119 Å². The summed E-state index contributed by atoms with van der Waals surface area (Å²) in [5, 5.41) is 25.3. The van der Waals surface area contributed by atoms with Gasteiger partial charge in [0, 0.05) is 74.4 Å². The number of carbonyl (C=O) groups excluding carboxylic acids is 2. The van der Waals surface area contributed by atoms with Crippen LogP contribution in [0.3, 0.4) is 0 Å². The number of aliphatic imine (C=N–C) groups is 2. The molecule has 0 saturated carbocycles. The summed E-state index contributed by atoms with van der Waals surface area (Å²) in [5.41, 5.74) is 0. The van der Waals surface area contributed by atoms with Gasteiger partial charge in [-0.3, -0.25) is 9.98 Å². The molecule has 0 heterocycles. The fraction of sp³-hybridized carbons (Fsp3) is 0.840. The normalized spacial score (nSPS) is 11.3. The molecule has 0 aromatic carbocycles. The lowest BCUT2D eigenvalue weighted by atomic mass is 10.7. The first kappa shape index (κ1) is 47.1. The van der Waals surface area contributed by atoms with Gasteiger partial charge in [0.2, 0.25) is 12.8 Å². The minimum atomic E-state index is -0.428.